The fourth-order valence-electron chi connectivity index (χ4n) is 2.41. The molecule has 0 radical (unpaired) electrons. The van der Waals surface area contributed by atoms with Crippen LogP contribution in [0.25, 0.3) is 0 Å². The number of benzene rings is 1. The van der Waals surface area contributed by atoms with Crippen molar-refractivity contribution in [1.82, 2.24) is 4.90 Å². The summed E-state index contributed by atoms with van der Waals surface area (Å²) in [6.07, 6.45) is 3.46. The summed E-state index contributed by atoms with van der Waals surface area (Å²) in [5.41, 5.74) is 1.82. The molecule has 0 amide bonds. The van der Waals surface area contributed by atoms with Crippen molar-refractivity contribution in [1.29, 1.82) is 0 Å². The largest absolute Gasteiger partial charge is 0.380 e. The van der Waals surface area contributed by atoms with E-state index >= 15 is 0 Å². The second-order valence-electron chi connectivity index (χ2n) is 5.33. The Balaban J connectivity index is 2.13. The third kappa shape index (κ3) is 3.70. The van der Waals surface area contributed by atoms with Gasteiger partial charge in [0.25, 0.3) is 5.69 Å². The van der Waals surface area contributed by atoms with Crippen LogP contribution < -0.4 is 5.32 Å². The molecule has 2 rings (SSSR count). The van der Waals surface area contributed by atoms with E-state index in [-0.39, 0.29) is 10.6 Å². The first-order valence-electron chi connectivity index (χ1n) is 7.41. The van der Waals surface area contributed by atoms with Crippen molar-refractivity contribution in [3.05, 3.63) is 33.9 Å². The van der Waals surface area contributed by atoms with E-state index in [4.69, 9.17) is 0 Å². The number of nitrogens with zero attached hydrogens (tertiary/aromatic N) is 2. The zero-order valence-electron chi connectivity index (χ0n) is 12.3. The van der Waals surface area contributed by atoms with E-state index in [1.807, 2.05) is 19.1 Å². The zero-order chi connectivity index (χ0) is 14.5. The van der Waals surface area contributed by atoms with Gasteiger partial charge in [-0.3, -0.25) is 15.0 Å². The van der Waals surface area contributed by atoms with Gasteiger partial charge in [0.2, 0.25) is 0 Å². The van der Waals surface area contributed by atoms with Crippen molar-refractivity contribution in [2.45, 2.75) is 45.7 Å². The highest BCUT2D eigenvalue weighted by Crippen LogP contribution is 2.30. The Bertz CT molecular complexity index is 472. The van der Waals surface area contributed by atoms with Crippen LogP contribution in [0.1, 0.15) is 38.7 Å². The van der Waals surface area contributed by atoms with Gasteiger partial charge in [0.15, 0.2) is 0 Å². The average molecular weight is 277 g/mol. The zero-order valence-corrected chi connectivity index (χ0v) is 12.3. The van der Waals surface area contributed by atoms with Crippen molar-refractivity contribution in [2.75, 3.05) is 18.4 Å². The first-order chi connectivity index (χ1) is 9.65. The molecule has 5 nitrogen and oxygen atoms in total. The minimum absolute atomic E-state index is 0.183. The molecular weight excluding hydrogens is 254 g/mol. The standard InChI is InChI=1S/C15H23N3O2/c1-3-9-16-14-8-5-12(10-15(14)18(19)20)11-17(4-2)13-6-7-13/h5,8,10,13,16H,3-4,6-7,9,11H2,1-2H3. The molecule has 0 aromatic heterocycles. The maximum atomic E-state index is 11.2. The fourth-order valence-corrected chi connectivity index (χ4v) is 2.41. The summed E-state index contributed by atoms with van der Waals surface area (Å²) in [4.78, 5) is 13.3. The average Bonchev–Trinajstić information content (AvgIpc) is 3.27. The monoisotopic (exact) mass is 277 g/mol. The van der Waals surface area contributed by atoms with E-state index in [0.717, 1.165) is 31.6 Å². The molecule has 1 aromatic carbocycles. The third-order valence-electron chi connectivity index (χ3n) is 3.68. The highest BCUT2D eigenvalue weighted by Gasteiger charge is 2.28. The van der Waals surface area contributed by atoms with Gasteiger partial charge < -0.3 is 5.32 Å². The van der Waals surface area contributed by atoms with Crippen LogP contribution >= 0.6 is 0 Å². The number of hydrogen-bond acceptors (Lipinski definition) is 4. The Labute approximate surface area is 120 Å². The third-order valence-corrected chi connectivity index (χ3v) is 3.68. The SMILES string of the molecule is CCCNc1ccc(CN(CC)C2CC2)cc1[N+](=O)[O-]. The highest BCUT2D eigenvalue weighted by molar-refractivity contribution is 5.62. The Morgan fingerprint density at radius 3 is 2.70 bits per heavy atom. The maximum absolute atomic E-state index is 11.2. The molecule has 5 heteroatoms. The molecule has 1 aliphatic rings. The van der Waals surface area contributed by atoms with Gasteiger partial charge in [-0.05, 0) is 37.4 Å². The van der Waals surface area contributed by atoms with Crippen molar-refractivity contribution >= 4 is 11.4 Å². The predicted molar refractivity (Wildman–Crippen MR) is 81.0 cm³/mol. The van der Waals surface area contributed by atoms with E-state index < -0.39 is 0 Å². The Morgan fingerprint density at radius 2 is 2.15 bits per heavy atom. The first-order valence-corrected chi connectivity index (χ1v) is 7.41. The Kier molecular flexibility index (Phi) is 4.95. The molecule has 1 N–H and O–H groups in total. The molecule has 1 fully saturated rings. The first kappa shape index (κ1) is 14.8. The molecule has 0 heterocycles. The van der Waals surface area contributed by atoms with Gasteiger partial charge in [-0.1, -0.05) is 19.9 Å². The number of nitro benzene ring substituents is 1. The van der Waals surface area contributed by atoms with Gasteiger partial charge in [-0.25, -0.2) is 0 Å². The van der Waals surface area contributed by atoms with Gasteiger partial charge >= 0.3 is 0 Å². The molecule has 20 heavy (non-hydrogen) atoms. The molecule has 0 aliphatic heterocycles. The number of nitro groups is 1. The lowest BCUT2D eigenvalue weighted by Crippen LogP contribution is -2.25. The predicted octanol–water partition coefficient (Wildman–Crippen LogP) is 3.40. The second kappa shape index (κ2) is 6.70. The van der Waals surface area contributed by atoms with E-state index in [2.05, 4.69) is 17.1 Å². The van der Waals surface area contributed by atoms with Crippen molar-refractivity contribution in [3.63, 3.8) is 0 Å². The van der Waals surface area contributed by atoms with Crippen LogP contribution in [0.3, 0.4) is 0 Å². The molecule has 0 bridgehead atoms. The number of hydrogen-bond donors (Lipinski definition) is 1. The minimum Gasteiger partial charge on any atom is -0.380 e. The van der Waals surface area contributed by atoms with Crippen LogP contribution in [0.5, 0.6) is 0 Å². The Hall–Kier alpha value is -1.62. The molecule has 0 spiro atoms. The van der Waals surface area contributed by atoms with E-state index in [0.29, 0.717) is 11.7 Å². The molecule has 0 saturated heterocycles. The summed E-state index contributed by atoms with van der Waals surface area (Å²) < 4.78 is 0. The van der Waals surface area contributed by atoms with E-state index in [1.54, 1.807) is 6.07 Å². The summed E-state index contributed by atoms with van der Waals surface area (Å²) >= 11 is 0. The topological polar surface area (TPSA) is 58.4 Å². The number of nitrogens with one attached hydrogen (secondary N) is 1. The lowest BCUT2D eigenvalue weighted by Gasteiger charge is -2.20. The van der Waals surface area contributed by atoms with E-state index in [9.17, 15) is 10.1 Å². The van der Waals surface area contributed by atoms with Gasteiger partial charge in [0.1, 0.15) is 5.69 Å². The smallest absolute Gasteiger partial charge is 0.292 e. The summed E-state index contributed by atoms with van der Waals surface area (Å²) in [6, 6.07) is 6.22. The second-order valence-corrected chi connectivity index (χ2v) is 5.33. The molecular formula is C15H23N3O2. The van der Waals surface area contributed by atoms with Crippen LogP contribution in [0.15, 0.2) is 18.2 Å². The fraction of sp³-hybridized carbons (Fsp3) is 0.600. The van der Waals surface area contributed by atoms with Crippen LogP contribution in [-0.2, 0) is 6.54 Å². The molecule has 1 aliphatic carbocycles. The number of anilines is 1. The quantitative estimate of drug-likeness (QED) is 0.584. The van der Waals surface area contributed by atoms with Crippen LogP contribution in [0.2, 0.25) is 0 Å². The normalized spacial score (nSPS) is 14.6. The summed E-state index contributed by atoms with van der Waals surface area (Å²) in [5.74, 6) is 0. The molecule has 1 saturated carbocycles. The molecule has 0 unspecified atom stereocenters. The summed E-state index contributed by atoms with van der Waals surface area (Å²) in [6.45, 7) is 6.74. The van der Waals surface area contributed by atoms with Crippen LogP contribution in [0, 0.1) is 10.1 Å². The lowest BCUT2D eigenvalue weighted by molar-refractivity contribution is -0.384. The van der Waals surface area contributed by atoms with Crippen molar-refractivity contribution in [3.8, 4) is 0 Å². The van der Waals surface area contributed by atoms with Crippen LogP contribution in [-0.4, -0.2) is 29.0 Å². The van der Waals surface area contributed by atoms with Gasteiger partial charge in [-0.15, -0.1) is 0 Å². The molecule has 110 valence electrons. The van der Waals surface area contributed by atoms with Gasteiger partial charge in [0, 0.05) is 25.2 Å². The highest BCUT2D eigenvalue weighted by atomic mass is 16.6. The van der Waals surface area contributed by atoms with Crippen molar-refractivity contribution < 1.29 is 4.92 Å². The maximum Gasteiger partial charge on any atom is 0.292 e. The van der Waals surface area contributed by atoms with Gasteiger partial charge in [-0.2, -0.15) is 0 Å². The molecule has 0 atom stereocenters. The van der Waals surface area contributed by atoms with Crippen LogP contribution in [0.4, 0.5) is 11.4 Å². The summed E-state index contributed by atoms with van der Waals surface area (Å²) in [5, 5.41) is 14.3. The minimum atomic E-state index is -0.297. The van der Waals surface area contributed by atoms with Gasteiger partial charge in [0.05, 0.1) is 4.92 Å². The molecule has 1 aromatic rings. The summed E-state index contributed by atoms with van der Waals surface area (Å²) in [7, 11) is 0. The Morgan fingerprint density at radius 1 is 1.40 bits per heavy atom. The lowest BCUT2D eigenvalue weighted by atomic mass is 10.1. The number of rotatable bonds is 8. The van der Waals surface area contributed by atoms with E-state index in [1.165, 1.54) is 12.8 Å². The van der Waals surface area contributed by atoms with Crippen molar-refractivity contribution in [2.24, 2.45) is 0 Å².